The van der Waals surface area contributed by atoms with E-state index < -0.39 is 0 Å². The van der Waals surface area contributed by atoms with Crippen molar-refractivity contribution in [1.82, 2.24) is 9.47 Å². The van der Waals surface area contributed by atoms with Crippen LogP contribution in [0.1, 0.15) is 25.7 Å². The van der Waals surface area contributed by atoms with E-state index in [1.165, 1.54) is 17.4 Å². The molecular weight excluding hydrogens is 292 g/mol. The standard InChI is InChI=1S/C18H22N2O3/c1-19-12-9-14-15(18(19)22)7-6-8-16(14)23-13-17(21)20-10-4-2-3-5-11-20/h6-9,12H,2-5,10-11,13H2,1H3. The second-order valence-corrected chi connectivity index (χ2v) is 6.03. The fourth-order valence-corrected chi connectivity index (χ4v) is 3.02. The SMILES string of the molecule is Cn1ccc2c(OCC(=O)N3CCCCCC3)cccc2c1=O. The van der Waals surface area contributed by atoms with E-state index in [0.29, 0.717) is 11.1 Å². The Morgan fingerprint density at radius 2 is 1.83 bits per heavy atom. The normalized spacial score (nSPS) is 15.4. The summed E-state index contributed by atoms with van der Waals surface area (Å²) in [5.41, 5.74) is -0.0632. The molecule has 0 N–H and O–H groups in total. The van der Waals surface area contributed by atoms with Gasteiger partial charge in [0.1, 0.15) is 5.75 Å². The smallest absolute Gasteiger partial charge is 0.260 e. The molecule has 23 heavy (non-hydrogen) atoms. The number of carbonyl (C=O) groups is 1. The van der Waals surface area contributed by atoms with Gasteiger partial charge in [0.25, 0.3) is 11.5 Å². The monoisotopic (exact) mass is 314 g/mol. The number of aryl methyl sites for hydroxylation is 1. The molecule has 5 heteroatoms. The van der Waals surface area contributed by atoms with E-state index in [1.807, 2.05) is 11.0 Å². The summed E-state index contributed by atoms with van der Waals surface area (Å²) < 4.78 is 7.27. The Morgan fingerprint density at radius 1 is 1.09 bits per heavy atom. The molecular formula is C18H22N2O3. The summed E-state index contributed by atoms with van der Waals surface area (Å²) in [5, 5.41) is 1.36. The summed E-state index contributed by atoms with van der Waals surface area (Å²) in [7, 11) is 1.72. The van der Waals surface area contributed by atoms with Gasteiger partial charge in [-0.1, -0.05) is 18.9 Å². The Bertz CT molecular complexity index is 758. The quantitative estimate of drug-likeness (QED) is 0.873. The predicted octanol–water partition coefficient (Wildman–Crippen LogP) is 2.32. The molecule has 1 aromatic heterocycles. The molecule has 0 unspecified atom stereocenters. The first kappa shape index (κ1) is 15.6. The highest BCUT2D eigenvalue weighted by Crippen LogP contribution is 2.23. The number of fused-ring (bicyclic) bond motifs is 1. The van der Waals surface area contributed by atoms with E-state index in [4.69, 9.17) is 4.74 Å². The number of amides is 1. The number of nitrogens with zero attached hydrogens (tertiary/aromatic N) is 2. The molecule has 122 valence electrons. The summed E-state index contributed by atoms with van der Waals surface area (Å²) >= 11 is 0. The minimum atomic E-state index is -0.0632. The van der Waals surface area contributed by atoms with E-state index in [1.54, 1.807) is 31.4 Å². The lowest BCUT2D eigenvalue weighted by Crippen LogP contribution is -2.35. The molecule has 5 nitrogen and oxygen atoms in total. The molecule has 1 saturated heterocycles. The van der Waals surface area contributed by atoms with Gasteiger partial charge in [0.2, 0.25) is 0 Å². The van der Waals surface area contributed by atoms with Crippen LogP contribution in [0.4, 0.5) is 0 Å². The van der Waals surface area contributed by atoms with Crippen molar-refractivity contribution in [3.63, 3.8) is 0 Å². The van der Waals surface area contributed by atoms with Gasteiger partial charge in [0.15, 0.2) is 6.61 Å². The first-order chi connectivity index (χ1) is 11.2. The van der Waals surface area contributed by atoms with Gasteiger partial charge in [-0.3, -0.25) is 9.59 Å². The number of rotatable bonds is 3. The maximum absolute atomic E-state index is 12.3. The molecule has 0 atom stereocenters. The van der Waals surface area contributed by atoms with E-state index >= 15 is 0 Å². The van der Waals surface area contributed by atoms with Crippen LogP contribution in [0.5, 0.6) is 5.75 Å². The zero-order chi connectivity index (χ0) is 16.2. The summed E-state index contributed by atoms with van der Waals surface area (Å²) in [6.45, 7) is 1.66. The fraction of sp³-hybridized carbons (Fsp3) is 0.444. The van der Waals surface area contributed by atoms with Gasteiger partial charge >= 0.3 is 0 Å². The molecule has 1 aliphatic heterocycles. The number of aromatic nitrogens is 1. The molecule has 3 rings (SSSR count). The number of carbonyl (C=O) groups excluding carboxylic acids is 1. The lowest BCUT2D eigenvalue weighted by atomic mass is 10.1. The second kappa shape index (κ2) is 6.86. The van der Waals surface area contributed by atoms with Crippen LogP contribution in [0.3, 0.4) is 0 Å². The summed E-state index contributed by atoms with van der Waals surface area (Å²) in [6.07, 6.45) is 6.23. The summed E-state index contributed by atoms with van der Waals surface area (Å²) in [4.78, 5) is 26.3. The second-order valence-electron chi connectivity index (χ2n) is 6.03. The minimum absolute atomic E-state index is 0.0211. The fourth-order valence-electron chi connectivity index (χ4n) is 3.02. The van der Waals surface area contributed by atoms with Crippen molar-refractivity contribution >= 4 is 16.7 Å². The first-order valence-corrected chi connectivity index (χ1v) is 8.16. The molecule has 1 aromatic carbocycles. The third-order valence-electron chi connectivity index (χ3n) is 4.39. The highest BCUT2D eigenvalue weighted by Gasteiger charge is 2.16. The van der Waals surface area contributed by atoms with Crippen molar-refractivity contribution in [1.29, 1.82) is 0 Å². The Labute approximate surface area is 135 Å². The predicted molar refractivity (Wildman–Crippen MR) is 89.7 cm³/mol. The van der Waals surface area contributed by atoms with E-state index in [9.17, 15) is 9.59 Å². The van der Waals surface area contributed by atoms with Crippen LogP contribution < -0.4 is 10.3 Å². The Balaban J connectivity index is 1.75. The number of pyridine rings is 1. The number of hydrogen-bond acceptors (Lipinski definition) is 3. The van der Waals surface area contributed by atoms with Crippen molar-refractivity contribution < 1.29 is 9.53 Å². The third kappa shape index (κ3) is 3.38. The number of benzene rings is 1. The molecule has 0 bridgehead atoms. The van der Waals surface area contributed by atoms with E-state index in [-0.39, 0.29) is 18.1 Å². The highest BCUT2D eigenvalue weighted by atomic mass is 16.5. The van der Waals surface area contributed by atoms with Gasteiger partial charge in [-0.15, -0.1) is 0 Å². The van der Waals surface area contributed by atoms with Crippen molar-refractivity contribution in [2.75, 3.05) is 19.7 Å². The zero-order valence-corrected chi connectivity index (χ0v) is 13.5. The number of likely N-dealkylation sites (tertiary alicyclic amines) is 1. The van der Waals surface area contributed by atoms with Crippen LogP contribution >= 0.6 is 0 Å². The van der Waals surface area contributed by atoms with Crippen LogP contribution in [-0.4, -0.2) is 35.1 Å². The van der Waals surface area contributed by atoms with E-state index in [0.717, 1.165) is 31.3 Å². The number of ether oxygens (including phenoxy) is 1. The average molecular weight is 314 g/mol. The van der Waals surface area contributed by atoms with Crippen LogP contribution in [0.2, 0.25) is 0 Å². The van der Waals surface area contributed by atoms with Crippen molar-refractivity contribution in [3.8, 4) is 5.75 Å². The maximum Gasteiger partial charge on any atom is 0.260 e. The third-order valence-corrected chi connectivity index (χ3v) is 4.39. The maximum atomic E-state index is 12.3. The molecule has 0 radical (unpaired) electrons. The topological polar surface area (TPSA) is 51.5 Å². The van der Waals surface area contributed by atoms with Crippen LogP contribution in [0.25, 0.3) is 10.8 Å². The summed E-state index contributed by atoms with van der Waals surface area (Å²) in [6, 6.07) is 7.22. The Hall–Kier alpha value is -2.30. The molecule has 0 aliphatic carbocycles. The zero-order valence-electron chi connectivity index (χ0n) is 13.5. The Kier molecular flexibility index (Phi) is 4.65. The minimum Gasteiger partial charge on any atom is -0.483 e. The van der Waals surface area contributed by atoms with Gasteiger partial charge in [-0.05, 0) is 31.0 Å². The van der Waals surface area contributed by atoms with Gasteiger partial charge in [0.05, 0.1) is 5.39 Å². The van der Waals surface area contributed by atoms with Crippen LogP contribution in [-0.2, 0) is 11.8 Å². The molecule has 0 saturated carbocycles. The molecule has 1 amide bonds. The molecule has 2 aromatic rings. The Morgan fingerprint density at radius 3 is 2.57 bits per heavy atom. The van der Waals surface area contributed by atoms with Crippen molar-refractivity contribution in [3.05, 3.63) is 40.8 Å². The highest BCUT2D eigenvalue weighted by molar-refractivity contribution is 5.88. The first-order valence-electron chi connectivity index (χ1n) is 8.16. The lowest BCUT2D eigenvalue weighted by molar-refractivity contribution is -0.133. The largest absolute Gasteiger partial charge is 0.483 e. The molecule has 1 aliphatic rings. The van der Waals surface area contributed by atoms with Crippen LogP contribution in [0.15, 0.2) is 35.3 Å². The summed E-state index contributed by atoms with van der Waals surface area (Å²) in [5.74, 6) is 0.608. The van der Waals surface area contributed by atoms with Gasteiger partial charge in [-0.25, -0.2) is 0 Å². The van der Waals surface area contributed by atoms with Crippen molar-refractivity contribution in [2.24, 2.45) is 7.05 Å². The number of hydrogen-bond donors (Lipinski definition) is 0. The van der Waals surface area contributed by atoms with E-state index in [2.05, 4.69) is 0 Å². The molecule has 0 spiro atoms. The molecule has 2 heterocycles. The van der Waals surface area contributed by atoms with Crippen molar-refractivity contribution in [2.45, 2.75) is 25.7 Å². The van der Waals surface area contributed by atoms with Gasteiger partial charge < -0.3 is 14.2 Å². The lowest BCUT2D eigenvalue weighted by Gasteiger charge is -2.20. The van der Waals surface area contributed by atoms with Gasteiger partial charge in [0, 0.05) is 31.7 Å². The average Bonchev–Trinajstić information content (AvgIpc) is 2.85. The van der Waals surface area contributed by atoms with Crippen LogP contribution in [0, 0.1) is 0 Å². The molecule has 1 fully saturated rings. The van der Waals surface area contributed by atoms with Gasteiger partial charge in [-0.2, -0.15) is 0 Å².